The fourth-order valence-corrected chi connectivity index (χ4v) is 6.97. The average molecular weight is 581 g/mol. The third kappa shape index (κ3) is 7.67. The fraction of sp³-hybridized carbons (Fsp3) is 0.536. The van der Waals surface area contributed by atoms with Crippen LogP contribution in [0.25, 0.3) is 0 Å². The molecule has 2 aromatic rings. The van der Waals surface area contributed by atoms with E-state index < -0.39 is 32.6 Å². The Morgan fingerprint density at radius 2 is 1.56 bits per heavy atom. The van der Waals surface area contributed by atoms with Crippen molar-refractivity contribution in [2.24, 2.45) is 0 Å². The second kappa shape index (κ2) is 12.9. The van der Waals surface area contributed by atoms with Gasteiger partial charge in [-0.25, -0.2) is 26.3 Å². The summed E-state index contributed by atoms with van der Waals surface area (Å²) in [4.78, 5) is 12.6. The number of carbonyl (C=O) groups is 1. The molecule has 39 heavy (non-hydrogen) atoms. The molecule has 0 heterocycles. The Balaban J connectivity index is 1.88. The van der Waals surface area contributed by atoms with Gasteiger partial charge in [-0.05, 0) is 77.7 Å². The number of benzene rings is 2. The van der Waals surface area contributed by atoms with E-state index in [1.165, 1.54) is 19.9 Å². The minimum atomic E-state index is -4.38. The molecule has 1 aliphatic rings. The van der Waals surface area contributed by atoms with E-state index in [-0.39, 0.29) is 39.7 Å². The number of rotatable bonds is 12. The van der Waals surface area contributed by atoms with Gasteiger partial charge in [0.15, 0.2) is 0 Å². The molecule has 0 bridgehead atoms. The number of aliphatic hydroxyl groups is 1. The summed E-state index contributed by atoms with van der Waals surface area (Å²) in [6.07, 6.45) is 4.66. The van der Waals surface area contributed by atoms with Gasteiger partial charge in [0.05, 0.1) is 35.5 Å². The van der Waals surface area contributed by atoms with E-state index in [0.717, 1.165) is 53.3 Å². The van der Waals surface area contributed by atoms with E-state index in [4.69, 9.17) is 4.74 Å². The Morgan fingerprint density at radius 3 is 2.08 bits per heavy atom. The summed E-state index contributed by atoms with van der Waals surface area (Å²) in [5.41, 5.74) is 3.63. The highest BCUT2D eigenvalue weighted by atomic mass is 32.2. The summed E-state index contributed by atoms with van der Waals surface area (Å²) in [5, 5.41) is 9.75. The molecule has 0 unspecified atom stereocenters. The first-order valence-electron chi connectivity index (χ1n) is 13.3. The summed E-state index contributed by atoms with van der Waals surface area (Å²) in [6, 6.07) is 7.36. The summed E-state index contributed by atoms with van der Waals surface area (Å²) < 4.78 is 60.8. The first-order chi connectivity index (χ1) is 18.3. The van der Waals surface area contributed by atoms with E-state index in [9.17, 15) is 26.7 Å². The number of aliphatic hydroxyl groups excluding tert-OH is 1. The lowest BCUT2D eigenvalue weighted by Crippen LogP contribution is -2.33. The van der Waals surface area contributed by atoms with Crippen LogP contribution in [0.15, 0.2) is 40.1 Å². The van der Waals surface area contributed by atoms with Crippen molar-refractivity contribution in [3.63, 3.8) is 0 Å². The van der Waals surface area contributed by atoms with Gasteiger partial charge in [0.1, 0.15) is 0 Å². The maximum absolute atomic E-state index is 13.1. The van der Waals surface area contributed by atoms with Crippen LogP contribution in [0.3, 0.4) is 0 Å². The van der Waals surface area contributed by atoms with Crippen LogP contribution >= 0.6 is 0 Å². The second-order valence-corrected chi connectivity index (χ2v) is 14.2. The number of amides is 1. The van der Waals surface area contributed by atoms with Crippen LogP contribution in [0.5, 0.6) is 0 Å². The van der Waals surface area contributed by atoms with Gasteiger partial charge in [-0.3, -0.25) is 4.79 Å². The van der Waals surface area contributed by atoms with Crippen molar-refractivity contribution < 1.29 is 31.5 Å². The zero-order valence-corrected chi connectivity index (χ0v) is 24.9. The lowest BCUT2D eigenvalue weighted by Gasteiger charge is -2.22. The average Bonchev–Trinajstić information content (AvgIpc) is 3.40. The van der Waals surface area contributed by atoms with Crippen LogP contribution in [0.1, 0.15) is 93.0 Å². The van der Waals surface area contributed by atoms with Crippen molar-refractivity contribution in [2.75, 3.05) is 7.05 Å². The van der Waals surface area contributed by atoms with Crippen LogP contribution in [0.2, 0.25) is 0 Å². The van der Waals surface area contributed by atoms with Crippen LogP contribution in [0, 0.1) is 0 Å². The molecule has 0 aliphatic heterocycles. The van der Waals surface area contributed by atoms with Gasteiger partial charge in [-0.2, -0.15) is 0 Å². The largest absolute Gasteiger partial charge is 0.392 e. The molecule has 1 fully saturated rings. The number of sulfonamides is 2. The molecule has 0 aromatic heterocycles. The minimum Gasteiger partial charge on any atom is -0.392 e. The zero-order valence-electron chi connectivity index (χ0n) is 23.3. The number of carbonyl (C=O) groups excluding carboxylic acids is 1. The molecule has 9 nitrogen and oxygen atoms in total. The van der Waals surface area contributed by atoms with Crippen molar-refractivity contribution in [3.05, 3.63) is 58.1 Å². The van der Waals surface area contributed by atoms with Gasteiger partial charge in [0.25, 0.3) is 10.0 Å². The highest BCUT2D eigenvalue weighted by molar-refractivity contribution is 7.90. The van der Waals surface area contributed by atoms with E-state index in [1.807, 2.05) is 39.8 Å². The van der Waals surface area contributed by atoms with Gasteiger partial charge in [-0.15, -0.1) is 0 Å². The lowest BCUT2D eigenvalue weighted by atomic mass is 9.85. The quantitative estimate of drug-likeness (QED) is 0.347. The molecule has 3 rings (SSSR count). The monoisotopic (exact) mass is 580 g/mol. The van der Waals surface area contributed by atoms with Crippen molar-refractivity contribution in [1.29, 1.82) is 0 Å². The standard InChI is InChI=1S/C28H40N2O7S2/c1-18(2)24-12-20(17-37-22-8-6-7-9-22)13-25(19(3)4)26(24)15-28(32)30-39(35,36)27-11-10-23(14-21(27)16-31)38(33,34)29-5/h10-14,18-19,22,29,31H,6-9,15-17H2,1-5H3,(H,30,32). The van der Waals surface area contributed by atoms with Crippen molar-refractivity contribution in [3.8, 4) is 0 Å². The van der Waals surface area contributed by atoms with Gasteiger partial charge < -0.3 is 9.84 Å². The van der Waals surface area contributed by atoms with Crippen LogP contribution in [-0.4, -0.2) is 41.0 Å². The van der Waals surface area contributed by atoms with Gasteiger partial charge in [0, 0.05) is 0 Å². The van der Waals surface area contributed by atoms with Crippen LogP contribution in [-0.2, 0) is 49.2 Å². The van der Waals surface area contributed by atoms with Crippen LogP contribution < -0.4 is 9.44 Å². The topological polar surface area (TPSA) is 139 Å². The Morgan fingerprint density at radius 1 is 0.974 bits per heavy atom. The maximum Gasteiger partial charge on any atom is 0.264 e. The molecule has 1 saturated carbocycles. The van der Waals surface area contributed by atoms with Crippen molar-refractivity contribution >= 4 is 26.0 Å². The Labute approximate surface area is 232 Å². The molecule has 0 saturated heterocycles. The normalized spacial score (nSPS) is 14.9. The molecule has 0 spiro atoms. The van der Waals surface area contributed by atoms with Crippen molar-refractivity contribution in [1.82, 2.24) is 9.44 Å². The summed E-state index contributed by atoms with van der Waals surface area (Å²) >= 11 is 0. The Kier molecular flexibility index (Phi) is 10.3. The fourth-order valence-electron chi connectivity index (χ4n) is 5.00. The molecule has 1 aliphatic carbocycles. The summed E-state index contributed by atoms with van der Waals surface area (Å²) in [6.45, 7) is 7.91. The molecule has 3 N–H and O–H groups in total. The molecule has 2 aromatic carbocycles. The minimum absolute atomic E-state index is 0.0935. The lowest BCUT2D eigenvalue weighted by molar-refractivity contribution is -0.118. The third-order valence-electron chi connectivity index (χ3n) is 7.07. The first-order valence-corrected chi connectivity index (χ1v) is 16.3. The zero-order chi connectivity index (χ0) is 29.0. The van der Waals surface area contributed by atoms with E-state index in [0.29, 0.717) is 6.61 Å². The SMILES string of the molecule is CNS(=O)(=O)c1ccc(S(=O)(=O)NC(=O)Cc2c(C(C)C)cc(COC3CCCC3)cc2C(C)C)c(CO)c1. The first kappa shape index (κ1) is 31.2. The van der Waals surface area contributed by atoms with Crippen LogP contribution in [0.4, 0.5) is 0 Å². The smallest absolute Gasteiger partial charge is 0.264 e. The number of hydrogen-bond donors (Lipinski definition) is 3. The summed E-state index contributed by atoms with van der Waals surface area (Å²) in [7, 11) is -7.00. The molecule has 0 radical (unpaired) electrons. The van der Waals surface area contributed by atoms with Gasteiger partial charge in [-0.1, -0.05) is 52.7 Å². The highest BCUT2D eigenvalue weighted by Gasteiger charge is 2.26. The number of ether oxygens (including phenoxy) is 1. The third-order valence-corrected chi connectivity index (χ3v) is 9.95. The van der Waals surface area contributed by atoms with Gasteiger partial charge >= 0.3 is 0 Å². The highest BCUT2D eigenvalue weighted by Crippen LogP contribution is 2.31. The van der Waals surface area contributed by atoms with E-state index in [1.54, 1.807) is 0 Å². The molecule has 0 atom stereocenters. The molecule has 216 valence electrons. The number of hydrogen-bond acceptors (Lipinski definition) is 7. The molecular formula is C28H40N2O7S2. The van der Waals surface area contributed by atoms with E-state index >= 15 is 0 Å². The predicted octanol–water partition coefficient (Wildman–Crippen LogP) is 3.84. The maximum atomic E-state index is 13.1. The van der Waals surface area contributed by atoms with E-state index in [2.05, 4.69) is 9.44 Å². The second-order valence-electron chi connectivity index (χ2n) is 10.6. The van der Waals surface area contributed by atoms with Crippen molar-refractivity contribution in [2.45, 2.75) is 101 Å². The Hall–Kier alpha value is -2.31. The predicted molar refractivity (Wildman–Crippen MR) is 149 cm³/mol. The summed E-state index contributed by atoms with van der Waals surface area (Å²) in [5.74, 6) is -0.531. The van der Waals surface area contributed by atoms with Gasteiger partial charge in [0.2, 0.25) is 15.9 Å². The Bertz CT molecular complexity index is 1370. The molecule has 1 amide bonds. The molecular weight excluding hydrogens is 540 g/mol. The number of nitrogens with one attached hydrogen (secondary N) is 2. The molecule has 11 heteroatoms.